The van der Waals surface area contributed by atoms with Crippen molar-refractivity contribution in [2.75, 3.05) is 31.2 Å². The van der Waals surface area contributed by atoms with Gasteiger partial charge in [0.15, 0.2) is 0 Å². The summed E-state index contributed by atoms with van der Waals surface area (Å²) in [6.45, 7) is 1.87. The lowest BCUT2D eigenvalue weighted by molar-refractivity contribution is -0.143. The fourth-order valence-electron chi connectivity index (χ4n) is 7.24. The molecule has 6 rings (SSSR count). The van der Waals surface area contributed by atoms with Gasteiger partial charge in [-0.15, -0.1) is 0 Å². The van der Waals surface area contributed by atoms with Gasteiger partial charge in [-0.3, -0.25) is 9.59 Å². The zero-order valence-electron chi connectivity index (χ0n) is 25.0. The highest BCUT2D eigenvalue weighted by Crippen LogP contribution is 2.39. The van der Waals surface area contributed by atoms with Crippen molar-refractivity contribution in [3.05, 3.63) is 101 Å². The van der Waals surface area contributed by atoms with Crippen molar-refractivity contribution in [2.45, 2.75) is 62.1 Å². The zero-order chi connectivity index (χ0) is 32.7. The summed E-state index contributed by atoms with van der Waals surface area (Å²) in [4.78, 5) is 32.8. The summed E-state index contributed by atoms with van der Waals surface area (Å²) in [6, 6.07) is 19.7. The Balaban J connectivity index is 1.23. The van der Waals surface area contributed by atoms with E-state index < -0.39 is 46.5 Å². The third-order valence-electron chi connectivity index (χ3n) is 9.64. The van der Waals surface area contributed by atoms with E-state index in [2.05, 4.69) is 15.1 Å². The van der Waals surface area contributed by atoms with Crippen molar-refractivity contribution >= 4 is 17.5 Å². The van der Waals surface area contributed by atoms with Crippen LogP contribution in [0, 0.1) is 0 Å². The van der Waals surface area contributed by atoms with Crippen LogP contribution in [0.4, 0.5) is 32.0 Å². The summed E-state index contributed by atoms with van der Waals surface area (Å²) in [7, 11) is 0. The highest BCUT2D eigenvalue weighted by molar-refractivity contribution is 5.95. The summed E-state index contributed by atoms with van der Waals surface area (Å²) in [6.07, 6.45) is -7.51. The fraction of sp³-hybridized carbons (Fsp3) is 0.412. The van der Waals surface area contributed by atoms with E-state index >= 15 is 0 Å². The van der Waals surface area contributed by atoms with Crippen molar-refractivity contribution in [2.24, 2.45) is 0 Å². The van der Waals surface area contributed by atoms with Crippen molar-refractivity contribution < 1.29 is 35.9 Å². The quantitative estimate of drug-likeness (QED) is 0.328. The van der Waals surface area contributed by atoms with E-state index in [4.69, 9.17) is 0 Å². The predicted octanol–water partition coefficient (Wildman–Crippen LogP) is 6.37. The van der Waals surface area contributed by atoms with Gasteiger partial charge >= 0.3 is 12.4 Å². The summed E-state index contributed by atoms with van der Waals surface area (Å²) in [5.41, 5.74) is -2.45. The molecule has 3 saturated heterocycles. The Morgan fingerprint density at radius 1 is 0.826 bits per heavy atom. The Morgan fingerprint density at radius 2 is 1.41 bits per heavy atom. The number of anilines is 1. The number of hydrogen-bond donors (Lipinski definition) is 1. The van der Waals surface area contributed by atoms with Gasteiger partial charge in [0.05, 0.1) is 17.8 Å². The molecule has 244 valence electrons. The molecule has 3 fully saturated rings. The van der Waals surface area contributed by atoms with E-state index in [1.165, 1.54) is 4.90 Å². The molecule has 6 nitrogen and oxygen atoms in total. The molecule has 0 saturated carbocycles. The highest BCUT2D eigenvalue weighted by atomic mass is 19.4. The van der Waals surface area contributed by atoms with Crippen LogP contribution in [0.2, 0.25) is 0 Å². The molecule has 1 spiro atoms. The number of halogens is 6. The molecule has 3 heterocycles. The molecule has 46 heavy (non-hydrogen) atoms. The molecule has 0 bridgehead atoms. The molecule has 3 aromatic carbocycles. The molecule has 3 aliphatic heterocycles. The van der Waals surface area contributed by atoms with Gasteiger partial charge < -0.3 is 20.0 Å². The normalized spacial score (nSPS) is 22.3. The molecule has 0 aliphatic carbocycles. The van der Waals surface area contributed by atoms with Crippen LogP contribution < -0.4 is 10.2 Å². The van der Waals surface area contributed by atoms with Crippen LogP contribution in [0.3, 0.4) is 0 Å². The summed E-state index contributed by atoms with van der Waals surface area (Å²) in [5.74, 6) is -0.854. The molecule has 0 radical (unpaired) electrons. The molecule has 2 atom stereocenters. The number of benzene rings is 3. The predicted molar refractivity (Wildman–Crippen MR) is 160 cm³/mol. The minimum Gasteiger partial charge on any atom is -0.339 e. The maximum atomic E-state index is 13.7. The van der Waals surface area contributed by atoms with Crippen LogP contribution in [0.15, 0.2) is 78.9 Å². The first-order valence-electron chi connectivity index (χ1n) is 15.3. The van der Waals surface area contributed by atoms with Gasteiger partial charge in [0.1, 0.15) is 5.54 Å². The molecule has 3 aromatic rings. The first-order chi connectivity index (χ1) is 21.8. The topological polar surface area (TPSA) is 55.9 Å². The number of carbonyl (C=O) groups is 2. The van der Waals surface area contributed by atoms with E-state index in [0.717, 1.165) is 11.3 Å². The first-order valence-corrected chi connectivity index (χ1v) is 15.3. The average Bonchev–Trinajstić information content (AvgIpc) is 3.35. The molecule has 2 amide bonds. The van der Waals surface area contributed by atoms with Gasteiger partial charge in [0, 0.05) is 43.0 Å². The number of likely N-dealkylation sites (tertiary alicyclic amines) is 2. The maximum Gasteiger partial charge on any atom is 0.416 e. The van der Waals surface area contributed by atoms with Gasteiger partial charge in [-0.1, -0.05) is 48.5 Å². The summed E-state index contributed by atoms with van der Waals surface area (Å²) < 4.78 is 81.6. The van der Waals surface area contributed by atoms with Crippen molar-refractivity contribution in [3.8, 4) is 0 Å². The van der Waals surface area contributed by atoms with E-state index in [1.807, 2.05) is 60.7 Å². The zero-order valence-corrected chi connectivity index (χ0v) is 25.0. The second kappa shape index (κ2) is 12.3. The Kier molecular flexibility index (Phi) is 8.51. The Bertz CT molecular complexity index is 1520. The first kappa shape index (κ1) is 31.9. The Labute approximate surface area is 263 Å². The summed E-state index contributed by atoms with van der Waals surface area (Å²) >= 11 is 0. The lowest BCUT2D eigenvalue weighted by atomic mass is 9.83. The van der Waals surface area contributed by atoms with Crippen molar-refractivity contribution in [3.63, 3.8) is 0 Å². The van der Waals surface area contributed by atoms with Gasteiger partial charge in [-0.25, -0.2) is 0 Å². The third kappa shape index (κ3) is 6.31. The number of nitrogens with zero attached hydrogens (tertiary/aromatic N) is 3. The number of hydrogen-bond acceptors (Lipinski definition) is 4. The minimum atomic E-state index is -5.05. The second-order valence-electron chi connectivity index (χ2n) is 12.3. The third-order valence-corrected chi connectivity index (χ3v) is 9.64. The van der Waals surface area contributed by atoms with Crippen LogP contribution in [0.25, 0.3) is 0 Å². The van der Waals surface area contributed by atoms with Crippen molar-refractivity contribution in [1.29, 1.82) is 0 Å². The number of nitrogens with one attached hydrogen (secondary N) is 1. The van der Waals surface area contributed by atoms with E-state index in [9.17, 15) is 35.9 Å². The van der Waals surface area contributed by atoms with Crippen LogP contribution in [-0.2, 0) is 23.6 Å². The molecule has 2 unspecified atom stereocenters. The fourth-order valence-corrected chi connectivity index (χ4v) is 7.24. The average molecular weight is 645 g/mol. The maximum absolute atomic E-state index is 13.7. The van der Waals surface area contributed by atoms with Crippen molar-refractivity contribution in [1.82, 2.24) is 15.1 Å². The van der Waals surface area contributed by atoms with Crippen LogP contribution in [0.5, 0.6) is 0 Å². The van der Waals surface area contributed by atoms with Gasteiger partial charge in [0.25, 0.3) is 5.91 Å². The van der Waals surface area contributed by atoms with E-state index in [-0.39, 0.29) is 24.6 Å². The van der Waals surface area contributed by atoms with Gasteiger partial charge in [0.2, 0.25) is 5.91 Å². The number of piperidine rings is 2. The number of alkyl halides is 6. The van der Waals surface area contributed by atoms with Crippen LogP contribution >= 0.6 is 0 Å². The van der Waals surface area contributed by atoms with Gasteiger partial charge in [-0.05, 0) is 68.0 Å². The van der Waals surface area contributed by atoms with Crippen LogP contribution in [0.1, 0.15) is 52.7 Å². The van der Waals surface area contributed by atoms with Crippen LogP contribution in [-0.4, -0.2) is 65.5 Å². The standard InChI is InChI=1S/C34H34F6N4O2/c35-33(36,37)25-18-24(19-26(20-25)34(38,39)40)30(45)43-14-11-28(21-29(43)17-23-7-3-1-4-8-23)42-15-12-32(13-16-42)31(46)41-22-44(32)27-9-5-2-6-10-27/h1-10,18-20,28-29H,11-17,21-22H2,(H,41,46). The molecular weight excluding hydrogens is 610 g/mol. The number of para-hydroxylation sites is 1. The monoisotopic (exact) mass is 644 g/mol. The Morgan fingerprint density at radius 3 is 2.00 bits per heavy atom. The largest absolute Gasteiger partial charge is 0.416 e. The molecule has 3 aliphatic rings. The molecule has 12 heteroatoms. The van der Waals surface area contributed by atoms with E-state index in [1.54, 1.807) is 0 Å². The smallest absolute Gasteiger partial charge is 0.339 e. The summed E-state index contributed by atoms with van der Waals surface area (Å²) in [5, 5.41) is 3.00. The number of carbonyl (C=O) groups excluding carboxylic acids is 2. The SMILES string of the molecule is O=C(c1cc(C(F)(F)F)cc(C(F)(F)F)c1)N1CCC(N2CCC3(CC2)C(=O)NCN3c2ccccc2)CC1Cc1ccccc1. The second-order valence-corrected chi connectivity index (χ2v) is 12.3. The molecule has 1 N–H and O–H groups in total. The number of rotatable bonds is 5. The minimum absolute atomic E-state index is 0.00214. The van der Waals surface area contributed by atoms with E-state index in [0.29, 0.717) is 64.0 Å². The molecular formula is C34H34F6N4O2. The number of amides is 2. The Hall–Kier alpha value is -4.06. The highest BCUT2D eigenvalue weighted by Gasteiger charge is 2.51. The lowest BCUT2D eigenvalue weighted by Gasteiger charge is -2.48. The molecule has 0 aromatic heterocycles. The lowest BCUT2D eigenvalue weighted by Crippen LogP contribution is -2.60. The van der Waals surface area contributed by atoms with Gasteiger partial charge in [-0.2, -0.15) is 26.3 Å².